The molecule has 3 heteroatoms. The molecule has 0 amide bonds. The van der Waals surface area contributed by atoms with E-state index >= 15 is 0 Å². The highest BCUT2D eigenvalue weighted by Crippen LogP contribution is 2.44. The Balaban J connectivity index is 1.49. The van der Waals surface area contributed by atoms with Crippen LogP contribution in [0.3, 0.4) is 0 Å². The summed E-state index contributed by atoms with van der Waals surface area (Å²) in [5.74, 6) is 0. The fourth-order valence-corrected chi connectivity index (χ4v) is 6.39. The molecular formula is C36H20N2O. The largest absolute Gasteiger partial charge is 0.453 e. The molecule has 0 saturated carbocycles. The van der Waals surface area contributed by atoms with Crippen LogP contribution in [0, 0.1) is 12.1 Å². The Morgan fingerprint density at radius 1 is 0.462 bits per heavy atom. The molecule has 0 radical (unpaired) electrons. The van der Waals surface area contributed by atoms with Gasteiger partial charge in [0.25, 0.3) is 0 Å². The Labute approximate surface area is 223 Å². The molecule has 9 aromatic rings. The third-order valence-electron chi connectivity index (χ3n) is 7.99. The van der Waals surface area contributed by atoms with Crippen molar-refractivity contribution in [2.75, 3.05) is 0 Å². The molecule has 0 aliphatic heterocycles. The van der Waals surface area contributed by atoms with Crippen LogP contribution >= 0.6 is 0 Å². The van der Waals surface area contributed by atoms with E-state index in [0.717, 1.165) is 55.2 Å². The van der Waals surface area contributed by atoms with Crippen molar-refractivity contribution in [3.63, 3.8) is 0 Å². The van der Waals surface area contributed by atoms with Gasteiger partial charge in [-0.3, -0.25) is 0 Å². The van der Waals surface area contributed by atoms with Gasteiger partial charge >= 0.3 is 0 Å². The van der Waals surface area contributed by atoms with Crippen molar-refractivity contribution >= 4 is 65.6 Å². The molecule has 6 aromatic carbocycles. The van der Waals surface area contributed by atoms with Gasteiger partial charge in [0, 0.05) is 38.7 Å². The van der Waals surface area contributed by atoms with Crippen molar-refractivity contribution in [2.45, 2.75) is 0 Å². The Kier molecular flexibility index (Phi) is 3.98. The van der Waals surface area contributed by atoms with Crippen LogP contribution in [0.2, 0.25) is 0 Å². The molecule has 0 aliphatic rings. The van der Waals surface area contributed by atoms with Crippen LogP contribution in [0.1, 0.15) is 0 Å². The highest BCUT2D eigenvalue weighted by atomic mass is 16.3. The molecular weight excluding hydrogens is 476 g/mol. The number of nitrogens with zero attached hydrogens (tertiary/aromatic N) is 2. The van der Waals surface area contributed by atoms with Crippen LogP contribution in [-0.4, -0.2) is 9.13 Å². The molecule has 3 heterocycles. The first-order valence-electron chi connectivity index (χ1n) is 13.1. The molecule has 3 nitrogen and oxygen atoms in total. The van der Waals surface area contributed by atoms with Crippen LogP contribution in [0.25, 0.3) is 76.9 Å². The monoisotopic (exact) mass is 496 g/mol. The third-order valence-corrected chi connectivity index (χ3v) is 7.99. The van der Waals surface area contributed by atoms with Crippen LogP contribution in [0.15, 0.2) is 126 Å². The molecule has 180 valence electrons. The van der Waals surface area contributed by atoms with Crippen LogP contribution in [0.4, 0.5) is 0 Å². The molecule has 9 rings (SSSR count). The number of furan rings is 1. The summed E-state index contributed by atoms with van der Waals surface area (Å²) in [5, 5.41) is 6.96. The van der Waals surface area contributed by atoms with E-state index in [0.29, 0.717) is 0 Å². The van der Waals surface area contributed by atoms with E-state index in [1.807, 2.05) is 12.1 Å². The van der Waals surface area contributed by atoms with Gasteiger partial charge in [0.2, 0.25) is 0 Å². The quantitative estimate of drug-likeness (QED) is 0.234. The average Bonchev–Trinajstić information content (AvgIpc) is 3.65. The van der Waals surface area contributed by atoms with E-state index in [9.17, 15) is 0 Å². The SMILES string of the molecule is c1ccc(-n2c3ccccc3c3c4oc5c(ccc6c7ccccc7n(-c7ccccc7)c65)c4ccc32)cc#1. The van der Waals surface area contributed by atoms with Gasteiger partial charge in [-0.1, -0.05) is 72.8 Å². The van der Waals surface area contributed by atoms with Gasteiger partial charge in [0.15, 0.2) is 5.58 Å². The fourth-order valence-electron chi connectivity index (χ4n) is 6.39. The number of rotatable bonds is 2. The minimum Gasteiger partial charge on any atom is -0.453 e. The van der Waals surface area contributed by atoms with Crippen molar-refractivity contribution in [3.05, 3.63) is 133 Å². The Bertz CT molecular complexity index is 2370. The van der Waals surface area contributed by atoms with Gasteiger partial charge in [0.1, 0.15) is 5.58 Å². The number of para-hydroxylation sites is 3. The lowest BCUT2D eigenvalue weighted by Gasteiger charge is -2.07. The van der Waals surface area contributed by atoms with E-state index in [-0.39, 0.29) is 0 Å². The molecule has 3 aromatic heterocycles. The second-order valence-corrected chi connectivity index (χ2v) is 10.0. The third kappa shape index (κ3) is 2.67. The molecule has 0 atom stereocenters. The predicted molar refractivity (Wildman–Crippen MR) is 160 cm³/mol. The van der Waals surface area contributed by atoms with Crippen molar-refractivity contribution < 1.29 is 4.42 Å². The van der Waals surface area contributed by atoms with Gasteiger partial charge in [0.05, 0.1) is 33.1 Å². The summed E-state index contributed by atoms with van der Waals surface area (Å²) in [7, 11) is 0. The number of aromatic nitrogens is 2. The summed E-state index contributed by atoms with van der Waals surface area (Å²) in [6.45, 7) is 0. The zero-order chi connectivity index (χ0) is 25.5. The second-order valence-electron chi connectivity index (χ2n) is 10.0. The summed E-state index contributed by atoms with van der Waals surface area (Å²) in [6, 6.07) is 48.7. The van der Waals surface area contributed by atoms with Gasteiger partial charge in [-0.25, -0.2) is 0 Å². The molecule has 0 spiro atoms. The summed E-state index contributed by atoms with van der Waals surface area (Å²) >= 11 is 0. The summed E-state index contributed by atoms with van der Waals surface area (Å²) < 4.78 is 11.6. The van der Waals surface area contributed by atoms with E-state index in [1.165, 1.54) is 21.7 Å². The van der Waals surface area contributed by atoms with Crippen molar-refractivity contribution in [2.24, 2.45) is 0 Å². The van der Waals surface area contributed by atoms with E-state index < -0.39 is 0 Å². The lowest BCUT2D eigenvalue weighted by molar-refractivity contribution is 0.675. The maximum atomic E-state index is 6.98. The zero-order valence-corrected chi connectivity index (χ0v) is 20.8. The van der Waals surface area contributed by atoms with Gasteiger partial charge in [-0.05, 0) is 54.6 Å². The predicted octanol–water partition coefficient (Wildman–Crippen LogP) is 9.38. The standard InChI is InChI=1S/C36H20N2O/c1-3-11-23(12-4-1)37-31-18-10-8-16-29(31)33-32(37)22-21-27-28-20-19-26-25-15-7-9-17-30(25)38(24-13-5-2-6-14-24)34(26)36(28)39-35(27)33/h2-3,5-22H. The van der Waals surface area contributed by atoms with Crippen molar-refractivity contribution in [1.82, 2.24) is 9.13 Å². The van der Waals surface area contributed by atoms with Crippen LogP contribution in [-0.2, 0) is 0 Å². The first-order chi connectivity index (χ1) is 19.4. The van der Waals surface area contributed by atoms with Gasteiger partial charge in [-0.2, -0.15) is 0 Å². The highest BCUT2D eigenvalue weighted by Gasteiger charge is 2.22. The van der Waals surface area contributed by atoms with E-state index in [4.69, 9.17) is 4.42 Å². The van der Waals surface area contributed by atoms with E-state index in [1.54, 1.807) is 0 Å². The number of benzene rings is 5. The maximum absolute atomic E-state index is 6.98. The molecule has 0 aliphatic carbocycles. The normalized spacial score (nSPS) is 11.9. The van der Waals surface area contributed by atoms with Gasteiger partial charge in [-0.15, -0.1) is 0 Å². The lowest BCUT2D eigenvalue weighted by atomic mass is 10.1. The smallest absolute Gasteiger partial charge is 0.160 e. The second kappa shape index (κ2) is 7.54. The lowest BCUT2D eigenvalue weighted by Crippen LogP contribution is -1.93. The highest BCUT2D eigenvalue weighted by molar-refractivity contribution is 6.27. The van der Waals surface area contributed by atoms with Crippen LogP contribution in [0.5, 0.6) is 0 Å². The van der Waals surface area contributed by atoms with Crippen molar-refractivity contribution in [3.8, 4) is 11.4 Å². The maximum Gasteiger partial charge on any atom is 0.160 e. The number of fused-ring (bicyclic) bond motifs is 11. The summed E-state index contributed by atoms with van der Waals surface area (Å²) in [4.78, 5) is 0. The summed E-state index contributed by atoms with van der Waals surface area (Å²) in [6.07, 6.45) is 0. The first kappa shape index (κ1) is 20.6. The topological polar surface area (TPSA) is 23.0 Å². The summed E-state index contributed by atoms with van der Waals surface area (Å²) in [5.41, 5.74) is 8.53. The van der Waals surface area contributed by atoms with E-state index in [2.05, 4.69) is 130 Å². The first-order valence-corrected chi connectivity index (χ1v) is 13.1. The molecule has 0 fully saturated rings. The average molecular weight is 497 g/mol. The number of hydrogen-bond donors (Lipinski definition) is 0. The Morgan fingerprint density at radius 2 is 1.15 bits per heavy atom. The molecule has 0 N–H and O–H groups in total. The molecule has 0 bridgehead atoms. The minimum absolute atomic E-state index is 0.912. The van der Waals surface area contributed by atoms with Crippen molar-refractivity contribution in [1.29, 1.82) is 0 Å². The molecule has 0 saturated heterocycles. The molecule has 39 heavy (non-hydrogen) atoms. The minimum atomic E-state index is 0.912. The fraction of sp³-hybridized carbons (Fsp3) is 0. The van der Waals surface area contributed by atoms with Gasteiger partial charge < -0.3 is 13.6 Å². The molecule has 0 unspecified atom stereocenters. The zero-order valence-electron chi connectivity index (χ0n) is 20.8. The Morgan fingerprint density at radius 3 is 1.97 bits per heavy atom. The van der Waals surface area contributed by atoms with Crippen LogP contribution < -0.4 is 0 Å². The number of hydrogen-bond acceptors (Lipinski definition) is 1. The Hall–Kier alpha value is -5.46.